The molecule has 6 aromatic rings. The first-order chi connectivity index (χ1) is 17.8. The second-order valence-electron chi connectivity index (χ2n) is 9.79. The number of rotatable bonds is 4. The van der Waals surface area contributed by atoms with Crippen molar-refractivity contribution in [2.75, 3.05) is 5.32 Å². The molecule has 36 heavy (non-hydrogen) atoms. The number of nitrogens with zero attached hydrogens (tertiary/aromatic N) is 1. The number of aryl methyl sites for hydroxylation is 1. The third kappa shape index (κ3) is 3.58. The van der Waals surface area contributed by atoms with Crippen molar-refractivity contribution >= 4 is 27.5 Å². The van der Waals surface area contributed by atoms with Gasteiger partial charge < -0.3 is 9.88 Å². The van der Waals surface area contributed by atoms with Gasteiger partial charge in [-0.15, -0.1) is 0 Å². The van der Waals surface area contributed by atoms with E-state index in [2.05, 4.69) is 131 Å². The first kappa shape index (κ1) is 21.0. The highest BCUT2D eigenvalue weighted by atomic mass is 15.0. The van der Waals surface area contributed by atoms with Crippen LogP contribution in [0.4, 0.5) is 5.69 Å². The van der Waals surface area contributed by atoms with E-state index in [0.717, 1.165) is 6.42 Å². The number of aromatic nitrogens is 1. The van der Waals surface area contributed by atoms with Crippen molar-refractivity contribution in [3.63, 3.8) is 0 Å². The summed E-state index contributed by atoms with van der Waals surface area (Å²) in [6.07, 6.45) is 3.57. The highest BCUT2D eigenvalue weighted by Gasteiger charge is 2.20. The lowest BCUT2D eigenvalue weighted by atomic mass is 9.87. The highest BCUT2D eigenvalue weighted by Crippen LogP contribution is 2.37. The molecule has 0 aliphatic heterocycles. The number of anilines is 1. The van der Waals surface area contributed by atoms with Crippen LogP contribution in [0.15, 0.2) is 121 Å². The van der Waals surface area contributed by atoms with E-state index < -0.39 is 0 Å². The van der Waals surface area contributed by atoms with Gasteiger partial charge in [0.15, 0.2) is 0 Å². The predicted molar refractivity (Wildman–Crippen MR) is 152 cm³/mol. The van der Waals surface area contributed by atoms with Crippen molar-refractivity contribution in [2.24, 2.45) is 0 Å². The Hall–Kier alpha value is -4.30. The zero-order chi connectivity index (χ0) is 23.9. The van der Waals surface area contributed by atoms with Crippen LogP contribution >= 0.6 is 0 Å². The Morgan fingerprint density at radius 2 is 1.39 bits per heavy atom. The molecule has 1 N–H and O–H groups in total. The minimum atomic E-state index is 0.353. The van der Waals surface area contributed by atoms with Crippen LogP contribution in [0.1, 0.15) is 30.0 Å². The molecule has 0 fully saturated rings. The summed E-state index contributed by atoms with van der Waals surface area (Å²) in [5.41, 5.74) is 10.2. The Kier molecular flexibility index (Phi) is 5.10. The molecule has 0 radical (unpaired) electrons. The van der Waals surface area contributed by atoms with E-state index in [1.165, 1.54) is 68.3 Å². The predicted octanol–water partition coefficient (Wildman–Crippen LogP) is 8.94. The van der Waals surface area contributed by atoms with Gasteiger partial charge in [-0.05, 0) is 71.8 Å². The van der Waals surface area contributed by atoms with Gasteiger partial charge in [0, 0.05) is 22.1 Å². The van der Waals surface area contributed by atoms with E-state index in [1.807, 2.05) is 0 Å². The van der Waals surface area contributed by atoms with Crippen molar-refractivity contribution in [3.8, 4) is 16.8 Å². The van der Waals surface area contributed by atoms with Gasteiger partial charge >= 0.3 is 0 Å². The molecule has 1 heterocycles. The molecule has 1 aliphatic carbocycles. The van der Waals surface area contributed by atoms with Gasteiger partial charge in [-0.2, -0.15) is 0 Å². The smallest absolute Gasteiger partial charge is 0.0561 e. The molecule has 1 atom stereocenters. The number of benzene rings is 5. The van der Waals surface area contributed by atoms with Gasteiger partial charge in [0.05, 0.1) is 17.1 Å². The van der Waals surface area contributed by atoms with Crippen LogP contribution < -0.4 is 5.32 Å². The summed E-state index contributed by atoms with van der Waals surface area (Å²) >= 11 is 0. The molecule has 0 amide bonds. The second-order valence-corrected chi connectivity index (χ2v) is 9.79. The van der Waals surface area contributed by atoms with E-state index >= 15 is 0 Å². The Bertz CT molecular complexity index is 1690. The first-order valence-electron chi connectivity index (χ1n) is 12.9. The maximum Gasteiger partial charge on any atom is 0.0561 e. The number of nitrogens with one attached hydrogen (secondary N) is 1. The first-order valence-corrected chi connectivity index (χ1v) is 12.9. The van der Waals surface area contributed by atoms with Gasteiger partial charge in [0.2, 0.25) is 0 Å². The van der Waals surface area contributed by atoms with E-state index in [9.17, 15) is 0 Å². The minimum Gasteiger partial charge on any atom is -0.378 e. The van der Waals surface area contributed by atoms with Gasteiger partial charge in [-0.1, -0.05) is 91.0 Å². The largest absolute Gasteiger partial charge is 0.378 e. The zero-order valence-corrected chi connectivity index (χ0v) is 20.2. The molecule has 0 saturated heterocycles. The van der Waals surface area contributed by atoms with Crippen LogP contribution in [0.25, 0.3) is 38.6 Å². The van der Waals surface area contributed by atoms with Crippen LogP contribution in [0.5, 0.6) is 0 Å². The normalized spacial score (nSPS) is 15.2. The molecule has 2 heteroatoms. The summed E-state index contributed by atoms with van der Waals surface area (Å²) in [4.78, 5) is 0. The zero-order valence-electron chi connectivity index (χ0n) is 20.2. The highest BCUT2D eigenvalue weighted by molar-refractivity contribution is 6.10. The van der Waals surface area contributed by atoms with Crippen LogP contribution in [-0.4, -0.2) is 4.57 Å². The second kappa shape index (κ2) is 8.73. The summed E-state index contributed by atoms with van der Waals surface area (Å²) < 4.78 is 2.41. The third-order valence-electron chi connectivity index (χ3n) is 7.60. The summed E-state index contributed by atoms with van der Waals surface area (Å²) in [5, 5.41) is 6.44. The molecule has 1 aliphatic rings. The average molecular weight is 465 g/mol. The van der Waals surface area contributed by atoms with Crippen molar-refractivity contribution in [1.82, 2.24) is 4.57 Å². The molecular weight excluding hydrogens is 436 g/mol. The molecule has 1 unspecified atom stereocenters. The third-order valence-corrected chi connectivity index (χ3v) is 7.60. The fourth-order valence-corrected chi connectivity index (χ4v) is 5.90. The van der Waals surface area contributed by atoms with Crippen LogP contribution in [-0.2, 0) is 6.42 Å². The van der Waals surface area contributed by atoms with Crippen molar-refractivity contribution in [3.05, 3.63) is 132 Å². The summed E-state index contributed by atoms with van der Waals surface area (Å²) in [5.74, 6) is 0. The quantitative estimate of drug-likeness (QED) is 0.275. The Balaban J connectivity index is 1.37. The van der Waals surface area contributed by atoms with Crippen LogP contribution in [0.2, 0.25) is 0 Å². The molecule has 0 bridgehead atoms. The Labute approximate surface area is 211 Å². The summed E-state index contributed by atoms with van der Waals surface area (Å²) in [7, 11) is 0. The van der Waals surface area contributed by atoms with Gasteiger partial charge in [-0.25, -0.2) is 0 Å². The molecule has 7 rings (SSSR count). The van der Waals surface area contributed by atoms with E-state index in [0.29, 0.717) is 6.04 Å². The maximum absolute atomic E-state index is 3.88. The molecule has 1 aromatic heterocycles. The topological polar surface area (TPSA) is 17.0 Å². The molecular formula is C34H28N2. The Morgan fingerprint density at radius 3 is 2.33 bits per heavy atom. The number of hydrogen-bond acceptors (Lipinski definition) is 1. The van der Waals surface area contributed by atoms with E-state index in [1.54, 1.807) is 0 Å². The van der Waals surface area contributed by atoms with Crippen molar-refractivity contribution in [1.29, 1.82) is 0 Å². The van der Waals surface area contributed by atoms with Gasteiger partial charge in [-0.3, -0.25) is 0 Å². The monoisotopic (exact) mass is 464 g/mol. The van der Waals surface area contributed by atoms with Crippen LogP contribution in [0.3, 0.4) is 0 Å². The number of hydrogen-bond donors (Lipinski definition) is 1. The van der Waals surface area contributed by atoms with Gasteiger partial charge in [0.25, 0.3) is 0 Å². The minimum absolute atomic E-state index is 0.353. The van der Waals surface area contributed by atoms with Crippen molar-refractivity contribution < 1.29 is 0 Å². The van der Waals surface area contributed by atoms with Crippen LogP contribution in [0, 0.1) is 0 Å². The maximum atomic E-state index is 3.88. The lowest BCUT2D eigenvalue weighted by molar-refractivity contribution is 0.600. The lowest BCUT2D eigenvalue weighted by Crippen LogP contribution is -2.17. The number of fused-ring (bicyclic) bond motifs is 4. The fourth-order valence-electron chi connectivity index (χ4n) is 5.90. The van der Waals surface area contributed by atoms with Crippen molar-refractivity contribution in [2.45, 2.75) is 25.3 Å². The van der Waals surface area contributed by atoms with E-state index in [-0.39, 0.29) is 0 Å². The van der Waals surface area contributed by atoms with Gasteiger partial charge in [0.1, 0.15) is 0 Å². The molecule has 2 nitrogen and oxygen atoms in total. The molecule has 174 valence electrons. The molecule has 0 saturated carbocycles. The SMILES string of the molecule is c1ccc(-c2cccc(-n3c4ccccc4c4ccc(NC5CCCc6ccccc65)cc43)c2)cc1. The average Bonchev–Trinajstić information content (AvgIpc) is 3.27. The molecule has 0 spiro atoms. The lowest BCUT2D eigenvalue weighted by Gasteiger charge is -2.27. The van der Waals surface area contributed by atoms with E-state index in [4.69, 9.17) is 0 Å². The fraction of sp³-hybridized carbons (Fsp3) is 0.118. The Morgan fingerprint density at radius 1 is 0.611 bits per heavy atom. The number of para-hydroxylation sites is 1. The standard InChI is InChI=1S/C34H28N2/c1-2-10-24(11-3-1)26-14-8-15-28(22-26)36-33-19-7-6-17-30(33)31-21-20-27(23-34(31)36)35-32-18-9-13-25-12-4-5-16-29(25)32/h1-8,10-12,14-17,19-23,32,35H,9,13,18H2. The molecule has 5 aromatic carbocycles. The summed E-state index contributed by atoms with van der Waals surface area (Å²) in [6, 6.07) is 44.4. The summed E-state index contributed by atoms with van der Waals surface area (Å²) in [6.45, 7) is 0.